The summed E-state index contributed by atoms with van der Waals surface area (Å²) in [5.74, 6) is -0.252. The summed E-state index contributed by atoms with van der Waals surface area (Å²) in [6.07, 6.45) is 5.01. The molecule has 0 spiro atoms. The monoisotopic (exact) mass is 413 g/mol. The molecule has 4 rings (SSSR count). The number of nitrogens with zero attached hydrogens (tertiary/aromatic N) is 2. The zero-order chi connectivity index (χ0) is 21.8. The van der Waals surface area contributed by atoms with Crippen molar-refractivity contribution in [2.75, 3.05) is 10.6 Å². The summed E-state index contributed by atoms with van der Waals surface area (Å²) in [5, 5.41) is 5.97. The number of oxazole rings is 1. The molecular formula is C23H19N5O3. The summed E-state index contributed by atoms with van der Waals surface area (Å²) < 4.78 is 5.76. The number of nitrogens with two attached hydrogens (primary N) is 1. The molecule has 2 heterocycles. The van der Waals surface area contributed by atoms with Crippen molar-refractivity contribution in [2.24, 2.45) is 5.73 Å². The Morgan fingerprint density at radius 1 is 1.00 bits per heavy atom. The highest BCUT2D eigenvalue weighted by molar-refractivity contribution is 6.05. The number of hydrogen-bond acceptors (Lipinski definition) is 6. The van der Waals surface area contributed by atoms with Crippen LogP contribution in [0.4, 0.5) is 17.4 Å². The number of amides is 2. The Kier molecular flexibility index (Phi) is 5.44. The Balaban J connectivity index is 1.49. The van der Waals surface area contributed by atoms with Gasteiger partial charge in [0.25, 0.3) is 11.9 Å². The van der Waals surface area contributed by atoms with Gasteiger partial charge in [-0.3, -0.25) is 14.6 Å². The van der Waals surface area contributed by atoms with Crippen LogP contribution in [-0.4, -0.2) is 21.8 Å². The van der Waals surface area contributed by atoms with E-state index in [4.69, 9.17) is 10.2 Å². The fraction of sp³-hybridized carbons (Fsp3) is 0.0435. The topological polar surface area (TPSA) is 123 Å². The first-order chi connectivity index (χ1) is 15.0. The largest absolute Gasteiger partial charge is 0.423 e. The molecule has 0 saturated carbocycles. The van der Waals surface area contributed by atoms with Gasteiger partial charge in [0.1, 0.15) is 0 Å². The molecule has 0 radical (unpaired) electrons. The van der Waals surface area contributed by atoms with Crippen LogP contribution in [0.3, 0.4) is 0 Å². The van der Waals surface area contributed by atoms with Crippen LogP contribution < -0.4 is 16.4 Å². The lowest BCUT2D eigenvalue weighted by atomic mass is 10.1. The lowest BCUT2D eigenvalue weighted by molar-refractivity contribution is 0.0995. The molecule has 0 bridgehead atoms. The molecule has 31 heavy (non-hydrogen) atoms. The zero-order valence-electron chi connectivity index (χ0n) is 16.6. The molecule has 8 heteroatoms. The average molecular weight is 413 g/mol. The number of nitrogens with one attached hydrogen (secondary N) is 2. The number of benzene rings is 2. The predicted octanol–water partition coefficient (Wildman–Crippen LogP) is 4.14. The summed E-state index contributed by atoms with van der Waals surface area (Å²) in [4.78, 5) is 32.0. The van der Waals surface area contributed by atoms with Crippen LogP contribution in [0, 0.1) is 6.92 Å². The van der Waals surface area contributed by atoms with Gasteiger partial charge in [0.2, 0.25) is 5.91 Å². The molecule has 154 valence electrons. The van der Waals surface area contributed by atoms with Gasteiger partial charge in [-0.1, -0.05) is 6.07 Å². The smallest absolute Gasteiger partial charge is 0.299 e. The van der Waals surface area contributed by atoms with Crippen molar-refractivity contribution in [3.8, 4) is 11.3 Å². The first kappa shape index (κ1) is 19.8. The summed E-state index contributed by atoms with van der Waals surface area (Å²) in [5.41, 5.74) is 9.09. The number of rotatable bonds is 6. The maximum atomic E-state index is 12.5. The molecule has 0 atom stereocenters. The van der Waals surface area contributed by atoms with Crippen molar-refractivity contribution < 1.29 is 14.0 Å². The normalized spacial score (nSPS) is 10.5. The highest BCUT2D eigenvalue weighted by Crippen LogP contribution is 2.27. The van der Waals surface area contributed by atoms with Crippen molar-refractivity contribution in [3.05, 3.63) is 89.9 Å². The Labute approximate surface area is 178 Å². The molecule has 0 unspecified atom stereocenters. The fourth-order valence-corrected chi connectivity index (χ4v) is 2.91. The van der Waals surface area contributed by atoms with E-state index in [0.29, 0.717) is 28.6 Å². The van der Waals surface area contributed by atoms with Crippen molar-refractivity contribution in [1.82, 2.24) is 9.97 Å². The Bertz CT molecular complexity index is 1230. The molecule has 0 saturated heterocycles. The van der Waals surface area contributed by atoms with Gasteiger partial charge in [-0.2, -0.15) is 0 Å². The van der Waals surface area contributed by atoms with E-state index >= 15 is 0 Å². The van der Waals surface area contributed by atoms with Crippen LogP contribution in [0.5, 0.6) is 0 Å². The molecular weight excluding hydrogens is 394 g/mol. The van der Waals surface area contributed by atoms with Crippen LogP contribution in [-0.2, 0) is 0 Å². The second kappa shape index (κ2) is 8.50. The highest BCUT2D eigenvalue weighted by Gasteiger charge is 2.11. The molecule has 4 aromatic rings. The summed E-state index contributed by atoms with van der Waals surface area (Å²) in [6, 6.07) is 15.6. The Morgan fingerprint density at radius 2 is 1.77 bits per heavy atom. The lowest BCUT2D eigenvalue weighted by Gasteiger charge is -2.11. The second-order valence-electron chi connectivity index (χ2n) is 6.82. The van der Waals surface area contributed by atoms with E-state index in [1.54, 1.807) is 42.9 Å². The van der Waals surface area contributed by atoms with E-state index in [9.17, 15) is 9.59 Å². The molecule has 0 aliphatic rings. The second-order valence-corrected chi connectivity index (χ2v) is 6.82. The van der Waals surface area contributed by atoms with Crippen molar-refractivity contribution in [2.45, 2.75) is 6.92 Å². The third-order valence-corrected chi connectivity index (χ3v) is 4.62. The molecule has 0 aliphatic heterocycles. The Morgan fingerprint density at radius 3 is 2.48 bits per heavy atom. The number of aryl methyl sites for hydroxylation is 1. The average Bonchev–Trinajstić information content (AvgIpc) is 3.25. The van der Waals surface area contributed by atoms with Crippen molar-refractivity contribution in [1.29, 1.82) is 0 Å². The number of carbonyl (C=O) groups excluding carboxylic acids is 2. The van der Waals surface area contributed by atoms with E-state index in [-0.39, 0.29) is 5.91 Å². The molecule has 2 amide bonds. The molecule has 0 fully saturated rings. The summed E-state index contributed by atoms with van der Waals surface area (Å²) in [7, 11) is 0. The summed E-state index contributed by atoms with van der Waals surface area (Å²) >= 11 is 0. The van der Waals surface area contributed by atoms with Crippen LogP contribution in [0.2, 0.25) is 0 Å². The van der Waals surface area contributed by atoms with Crippen molar-refractivity contribution >= 4 is 29.2 Å². The van der Waals surface area contributed by atoms with Crippen LogP contribution >= 0.6 is 0 Å². The van der Waals surface area contributed by atoms with Gasteiger partial charge in [-0.15, -0.1) is 0 Å². The number of anilines is 3. The minimum absolute atomic E-state index is 0.305. The standard InChI is InChI=1S/C23H19N5O3/c1-14-4-9-18(27-22(30)16-7-5-15(6-8-16)21(24)29)11-19(14)28-23-26-13-20(31-23)17-3-2-10-25-12-17/h2-13H,1H3,(H2,24,29)(H,26,28)(H,27,30). The van der Waals surface area contributed by atoms with Gasteiger partial charge < -0.3 is 20.8 Å². The van der Waals surface area contributed by atoms with Crippen LogP contribution in [0.25, 0.3) is 11.3 Å². The molecule has 0 aliphatic carbocycles. The zero-order valence-corrected chi connectivity index (χ0v) is 16.6. The van der Waals surface area contributed by atoms with E-state index in [0.717, 1.165) is 16.8 Å². The van der Waals surface area contributed by atoms with E-state index < -0.39 is 5.91 Å². The number of aromatic nitrogens is 2. The Hall–Kier alpha value is -4.46. The van der Waals surface area contributed by atoms with Gasteiger partial charge >= 0.3 is 0 Å². The fourth-order valence-electron chi connectivity index (χ4n) is 2.91. The van der Waals surface area contributed by atoms with Gasteiger partial charge in [-0.05, 0) is 61.0 Å². The highest BCUT2D eigenvalue weighted by atomic mass is 16.4. The van der Waals surface area contributed by atoms with E-state index in [1.807, 2.05) is 25.1 Å². The maximum Gasteiger partial charge on any atom is 0.299 e. The first-order valence-electron chi connectivity index (χ1n) is 9.45. The number of hydrogen-bond donors (Lipinski definition) is 3. The molecule has 4 N–H and O–H groups in total. The van der Waals surface area contributed by atoms with Crippen LogP contribution in [0.1, 0.15) is 26.3 Å². The SMILES string of the molecule is Cc1ccc(NC(=O)c2ccc(C(N)=O)cc2)cc1Nc1ncc(-c2cccnc2)o1. The van der Waals surface area contributed by atoms with Crippen molar-refractivity contribution in [3.63, 3.8) is 0 Å². The molecule has 2 aromatic heterocycles. The third kappa shape index (κ3) is 4.59. The van der Waals surface area contributed by atoms with Crippen LogP contribution in [0.15, 0.2) is 77.6 Å². The van der Waals surface area contributed by atoms with Gasteiger partial charge in [0.15, 0.2) is 5.76 Å². The molecule has 8 nitrogen and oxygen atoms in total. The first-order valence-corrected chi connectivity index (χ1v) is 9.45. The van der Waals surface area contributed by atoms with E-state index in [1.165, 1.54) is 12.1 Å². The minimum Gasteiger partial charge on any atom is -0.423 e. The summed E-state index contributed by atoms with van der Waals surface area (Å²) in [6.45, 7) is 1.93. The number of carbonyl (C=O) groups is 2. The van der Waals surface area contributed by atoms with Gasteiger partial charge in [-0.25, -0.2) is 4.98 Å². The third-order valence-electron chi connectivity index (χ3n) is 4.62. The van der Waals surface area contributed by atoms with E-state index in [2.05, 4.69) is 20.6 Å². The predicted molar refractivity (Wildman–Crippen MR) is 117 cm³/mol. The minimum atomic E-state index is -0.542. The van der Waals surface area contributed by atoms with Gasteiger partial charge in [0, 0.05) is 40.5 Å². The van der Waals surface area contributed by atoms with Gasteiger partial charge in [0.05, 0.1) is 6.20 Å². The number of pyridine rings is 1. The lowest BCUT2D eigenvalue weighted by Crippen LogP contribution is -2.14. The number of primary amides is 1. The quantitative estimate of drug-likeness (QED) is 0.436. The molecule has 2 aromatic carbocycles. The maximum absolute atomic E-state index is 12.5.